The molecule has 0 spiro atoms. The Bertz CT molecular complexity index is 653. The molecule has 6 heteroatoms. The van der Waals surface area contributed by atoms with Gasteiger partial charge in [-0.3, -0.25) is 5.43 Å². The molecule has 2 aromatic rings. The van der Waals surface area contributed by atoms with Crippen molar-refractivity contribution < 1.29 is 4.42 Å². The summed E-state index contributed by atoms with van der Waals surface area (Å²) in [4.78, 5) is 0. The molecule has 1 aromatic carbocycles. The Kier molecular flexibility index (Phi) is 4.57. The van der Waals surface area contributed by atoms with E-state index in [1.54, 1.807) is 6.26 Å². The standard InChI is InChI=1S/C15H15N3OS2/c20-15(16-8-12-5-3-7-19-12)18-17-14-10-21-9-11-4-1-2-6-13(11)14/h1-7H,8-10H2,(H2,16,18,20). The van der Waals surface area contributed by atoms with Gasteiger partial charge >= 0.3 is 0 Å². The molecular weight excluding hydrogens is 302 g/mol. The number of rotatable bonds is 3. The first-order valence-corrected chi connectivity index (χ1v) is 8.18. The number of hydrogen-bond donors (Lipinski definition) is 2. The third kappa shape index (κ3) is 3.65. The topological polar surface area (TPSA) is 49.6 Å². The van der Waals surface area contributed by atoms with Crippen molar-refractivity contribution in [3.05, 3.63) is 59.5 Å². The minimum Gasteiger partial charge on any atom is -0.467 e. The number of thioether (sulfide) groups is 1. The third-order valence-corrected chi connectivity index (χ3v) is 4.35. The third-order valence-electron chi connectivity index (χ3n) is 3.12. The SMILES string of the molecule is S=C(NCc1ccco1)NN=C1CSCc2ccccc21. The van der Waals surface area contributed by atoms with Crippen molar-refractivity contribution >= 4 is 34.8 Å². The van der Waals surface area contributed by atoms with Gasteiger partial charge in [0, 0.05) is 17.1 Å². The van der Waals surface area contributed by atoms with Crippen LogP contribution in [0.5, 0.6) is 0 Å². The number of nitrogens with zero attached hydrogens (tertiary/aromatic N) is 1. The second-order valence-electron chi connectivity index (χ2n) is 4.58. The summed E-state index contributed by atoms with van der Waals surface area (Å²) >= 11 is 7.08. The molecule has 21 heavy (non-hydrogen) atoms. The average molecular weight is 317 g/mol. The Morgan fingerprint density at radius 3 is 3.00 bits per heavy atom. The molecule has 3 rings (SSSR count). The van der Waals surface area contributed by atoms with E-state index in [0.717, 1.165) is 23.0 Å². The Labute approximate surface area is 133 Å². The van der Waals surface area contributed by atoms with Crippen LogP contribution in [-0.2, 0) is 12.3 Å². The lowest BCUT2D eigenvalue weighted by atomic mass is 10.1. The van der Waals surface area contributed by atoms with E-state index in [0.29, 0.717) is 11.7 Å². The first-order valence-electron chi connectivity index (χ1n) is 6.62. The first-order chi connectivity index (χ1) is 10.3. The molecule has 1 aliphatic rings. The lowest BCUT2D eigenvalue weighted by Crippen LogP contribution is -2.32. The summed E-state index contributed by atoms with van der Waals surface area (Å²) in [7, 11) is 0. The van der Waals surface area contributed by atoms with Crippen molar-refractivity contribution in [2.24, 2.45) is 5.10 Å². The highest BCUT2D eigenvalue weighted by atomic mass is 32.2. The normalized spacial score (nSPS) is 15.5. The summed E-state index contributed by atoms with van der Waals surface area (Å²) in [6, 6.07) is 12.1. The zero-order valence-electron chi connectivity index (χ0n) is 11.3. The van der Waals surface area contributed by atoms with Crippen LogP contribution in [0.1, 0.15) is 16.9 Å². The summed E-state index contributed by atoms with van der Waals surface area (Å²) in [5, 5.41) is 7.99. The van der Waals surface area contributed by atoms with Crippen molar-refractivity contribution in [2.75, 3.05) is 5.75 Å². The highest BCUT2D eigenvalue weighted by Crippen LogP contribution is 2.24. The molecule has 0 atom stereocenters. The van der Waals surface area contributed by atoms with E-state index in [4.69, 9.17) is 16.6 Å². The van der Waals surface area contributed by atoms with Crippen molar-refractivity contribution in [2.45, 2.75) is 12.3 Å². The Balaban J connectivity index is 1.60. The predicted octanol–water partition coefficient (Wildman–Crippen LogP) is 2.89. The second-order valence-corrected chi connectivity index (χ2v) is 5.98. The van der Waals surface area contributed by atoms with Gasteiger partial charge in [0.25, 0.3) is 0 Å². The molecule has 1 aliphatic heterocycles. The molecule has 0 amide bonds. The van der Waals surface area contributed by atoms with E-state index in [9.17, 15) is 0 Å². The van der Waals surface area contributed by atoms with Crippen LogP contribution in [0.25, 0.3) is 0 Å². The smallest absolute Gasteiger partial charge is 0.187 e. The van der Waals surface area contributed by atoms with E-state index in [-0.39, 0.29) is 0 Å². The largest absolute Gasteiger partial charge is 0.467 e. The van der Waals surface area contributed by atoms with Crippen molar-refractivity contribution in [3.63, 3.8) is 0 Å². The van der Waals surface area contributed by atoms with E-state index in [1.165, 1.54) is 11.1 Å². The van der Waals surface area contributed by atoms with Gasteiger partial charge in [0.05, 0.1) is 18.5 Å². The lowest BCUT2D eigenvalue weighted by molar-refractivity contribution is 0.502. The summed E-state index contributed by atoms with van der Waals surface area (Å²) in [5.41, 5.74) is 6.47. The molecule has 0 aliphatic carbocycles. The van der Waals surface area contributed by atoms with Gasteiger partial charge in [0.2, 0.25) is 0 Å². The molecule has 108 valence electrons. The van der Waals surface area contributed by atoms with Crippen molar-refractivity contribution in [1.29, 1.82) is 0 Å². The Morgan fingerprint density at radius 1 is 1.24 bits per heavy atom. The van der Waals surface area contributed by atoms with E-state index < -0.39 is 0 Å². The predicted molar refractivity (Wildman–Crippen MR) is 90.4 cm³/mol. The van der Waals surface area contributed by atoms with Crippen LogP contribution < -0.4 is 10.7 Å². The van der Waals surface area contributed by atoms with Gasteiger partial charge in [-0.1, -0.05) is 24.3 Å². The van der Waals surface area contributed by atoms with Gasteiger partial charge in [0.1, 0.15) is 5.76 Å². The summed E-state index contributed by atoms with van der Waals surface area (Å²) in [5.74, 6) is 2.77. The fourth-order valence-corrected chi connectivity index (χ4v) is 3.20. The van der Waals surface area contributed by atoms with Crippen LogP contribution in [-0.4, -0.2) is 16.6 Å². The molecule has 4 nitrogen and oxygen atoms in total. The zero-order valence-corrected chi connectivity index (χ0v) is 13.0. The highest BCUT2D eigenvalue weighted by molar-refractivity contribution is 7.99. The summed E-state index contributed by atoms with van der Waals surface area (Å²) in [6.07, 6.45) is 1.64. The van der Waals surface area contributed by atoms with Gasteiger partial charge in [-0.25, -0.2) is 0 Å². The van der Waals surface area contributed by atoms with Gasteiger partial charge in [-0.05, 0) is 29.9 Å². The molecule has 0 unspecified atom stereocenters. The van der Waals surface area contributed by atoms with Crippen LogP contribution in [0.2, 0.25) is 0 Å². The van der Waals surface area contributed by atoms with E-state index >= 15 is 0 Å². The molecule has 2 heterocycles. The van der Waals surface area contributed by atoms with Gasteiger partial charge in [-0.2, -0.15) is 16.9 Å². The quantitative estimate of drug-likeness (QED) is 0.673. The zero-order chi connectivity index (χ0) is 14.5. The molecule has 2 N–H and O–H groups in total. The van der Waals surface area contributed by atoms with E-state index in [1.807, 2.05) is 30.0 Å². The van der Waals surface area contributed by atoms with Crippen LogP contribution >= 0.6 is 24.0 Å². The van der Waals surface area contributed by atoms with Gasteiger partial charge in [-0.15, -0.1) is 0 Å². The van der Waals surface area contributed by atoms with E-state index in [2.05, 4.69) is 34.0 Å². The maximum absolute atomic E-state index is 5.24. The van der Waals surface area contributed by atoms with Gasteiger partial charge in [0.15, 0.2) is 5.11 Å². The number of fused-ring (bicyclic) bond motifs is 1. The first kappa shape index (κ1) is 14.2. The molecule has 0 fully saturated rings. The van der Waals surface area contributed by atoms with Crippen LogP contribution in [0.15, 0.2) is 52.2 Å². The van der Waals surface area contributed by atoms with Gasteiger partial charge < -0.3 is 9.73 Å². The van der Waals surface area contributed by atoms with Crippen LogP contribution in [0.3, 0.4) is 0 Å². The molecule has 0 saturated carbocycles. The number of hydrogen-bond acceptors (Lipinski definition) is 4. The molecule has 1 aromatic heterocycles. The molecule has 0 saturated heterocycles. The number of benzene rings is 1. The lowest BCUT2D eigenvalue weighted by Gasteiger charge is -2.17. The minimum atomic E-state index is 0.493. The monoisotopic (exact) mass is 317 g/mol. The van der Waals surface area contributed by atoms with Crippen molar-refractivity contribution in [1.82, 2.24) is 10.7 Å². The summed E-state index contributed by atoms with van der Waals surface area (Å²) in [6.45, 7) is 0.551. The number of hydrazone groups is 1. The number of nitrogens with one attached hydrogen (secondary N) is 2. The molecule has 0 bridgehead atoms. The van der Waals surface area contributed by atoms with Crippen molar-refractivity contribution in [3.8, 4) is 0 Å². The fourth-order valence-electron chi connectivity index (χ4n) is 2.09. The summed E-state index contributed by atoms with van der Waals surface area (Å²) < 4.78 is 5.24. The fraction of sp³-hybridized carbons (Fsp3) is 0.200. The maximum Gasteiger partial charge on any atom is 0.187 e. The molecule has 0 radical (unpaired) electrons. The number of furan rings is 1. The minimum absolute atomic E-state index is 0.493. The molecular formula is C15H15N3OS2. The van der Waals surface area contributed by atoms with Crippen LogP contribution in [0.4, 0.5) is 0 Å². The average Bonchev–Trinajstić information content (AvgIpc) is 3.04. The Morgan fingerprint density at radius 2 is 2.14 bits per heavy atom. The maximum atomic E-state index is 5.24. The van der Waals surface area contributed by atoms with Crippen LogP contribution in [0, 0.1) is 0 Å². The number of thiocarbonyl (C=S) groups is 1. The Hall–Kier alpha value is -1.79. The highest BCUT2D eigenvalue weighted by Gasteiger charge is 2.15. The second kappa shape index (κ2) is 6.78.